The molecular formula is C14H16N2O4. The number of hydrogen-bond donors (Lipinski definition) is 2. The third-order valence-electron chi connectivity index (χ3n) is 3.37. The van der Waals surface area contributed by atoms with Gasteiger partial charge in [0.2, 0.25) is 5.91 Å². The molecule has 106 valence electrons. The van der Waals surface area contributed by atoms with E-state index in [4.69, 9.17) is 9.47 Å². The highest BCUT2D eigenvalue weighted by Crippen LogP contribution is 2.28. The van der Waals surface area contributed by atoms with Gasteiger partial charge in [-0.1, -0.05) is 6.07 Å². The molecule has 0 aliphatic carbocycles. The van der Waals surface area contributed by atoms with Gasteiger partial charge in [-0.3, -0.25) is 9.59 Å². The van der Waals surface area contributed by atoms with Crippen LogP contribution >= 0.6 is 0 Å². The molecule has 6 heteroatoms. The molecule has 2 amide bonds. The molecule has 1 unspecified atom stereocenters. The van der Waals surface area contributed by atoms with Gasteiger partial charge in [0.05, 0.1) is 5.69 Å². The van der Waals surface area contributed by atoms with E-state index in [9.17, 15) is 9.59 Å². The maximum absolute atomic E-state index is 11.8. The van der Waals surface area contributed by atoms with E-state index in [0.717, 1.165) is 18.4 Å². The molecule has 2 aliphatic heterocycles. The van der Waals surface area contributed by atoms with E-state index in [1.165, 1.54) is 0 Å². The summed E-state index contributed by atoms with van der Waals surface area (Å²) >= 11 is 0. The number of amides is 2. The van der Waals surface area contributed by atoms with Gasteiger partial charge in [-0.15, -0.1) is 0 Å². The lowest BCUT2D eigenvalue weighted by molar-refractivity contribution is -0.130. The first kappa shape index (κ1) is 12.9. The van der Waals surface area contributed by atoms with Gasteiger partial charge in [0.15, 0.2) is 6.61 Å². The lowest BCUT2D eigenvalue weighted by Gasteiger charge is -2.18. The molecule has 0 saturated carbocycles. The van der Waals surface area contributed by atoms with Crippen molar-refractivity contribution in [3.05, 3.63) is 23.8 Å². The van der Waals surface area contributed by atoms with Gasteiger partial charge in [-0.25, -0.2) is 0 Å². The van der Waals surface area contributed by atoms with Crippen LogP contribution in [-0.4, -0.2) is 31.1 Å². The monoisotopic (exact) mass is 276 g/mol. The molecule has 0 bridgehead atoms. The smallest absolute Gasteiger partial charge is 0.262 e. The van der Waals surface area contributed by atoms with Crippen LogP contribution in [0, 0.1) is 0 Å². The van der Waals surface area contributed by atoms with Crippen LogP contribution in [0.25, 0.3) is 0 Å². The number of rotatable bonds is 3. The minimum atomic E-state index is -0.323. The summed E-state index contributed by atoms with van der Waals surface area (Å²) in [5, 5.41) is 5.58. The molecule has 1 atom stereocenters. The van der Waals surface area contributed by atoms with Crippen molar-refractivity contribution in [2.45, 2.75) is 25.5 Å². The van der Waals surface area contributed by atoms with E-state index >= 15 is 0 Å². The predicted octanol–water partition coefficient (Wildman–Crippen LogP) is 0.813. The zero-order valence-electron chi connectivity index (χ0n) is 11.0. The van der Waals surface area contributed by atoms with Gasteiger partial charge in [0.25, 0.3) is 5.91 Å². The second-order valence-electron chi connectivity index (χ2n) is 4.89. The number of nitrogens with one attached hydrogen (secondary N) is 2. The maximum atomic E-state index is 11.8. The van der Waals surface area contributed by atoms with Gasteiger partial charge in [0.1, 0.15) is 11.9 Å². The van der Waals surface area contributed by atoms with Gasteiger partial charge < -0.3 is 20.1 Å². The van der Waals surface area contributed by atoms with Gasteiger partial charge >= 0.3 is 0 Å². The Bertz CT molecular complexity index is 538. The number of carbonyl (C=O) groups is 2. The minimum absolute atomic E-state index is 0.0438. The largest absolute Gasteiger partial charge is 0.482 e. The van der Waals surface area contributed by atoms with Gasteiger partial charge in [-0.05, 0) is 30.5 Å². The molecule has 1 fully saturated rings. The van der Waals surface area contributed by atoms with Crippen molar-refractivity contribution >= 4 is 17.5 Å². The number of carbonyl (C=O) groups excluding carboxylic acids is 2. The Morgan fingerprint density at radius 1 is 1.45 bits per heavy atom. The van der Waals surface area contributed by atoms with Gasteiger partial charge in [0, 0.05) is 13.2 Å². The number of hydrogen-bond acceptors (Lipinski definition) is 4. The third kappa shape index (κ3) is 2.75. The number of fused-ring (bicyclic) bond motifs is 1. The van der Waals surface area contributed by atoms with Crippen LogP contribution in [0.15, 0.2) is 18.2 Å². The highest BCUT2D eigenvalue weighted by Gasteiger charge is 2.23. The Hall–Kier alpha value is -2.08. The summed E-state index contributed by atoms with van der Waals surface area (Å²) in [5.74, 6) is 0.400. The van der Waals surface area contributed by atoms with Crippen LogP contribution in [-0.2, 0) is 20.9 Å². The van der Waals surface area contributed by atoms with E-state index in [2.05, 4.69) is 10.6 Å². The molecule has 3 rings (SSSR count). The van der Waals surface area contributed by atoms with Crippen LogP contribution in [0.4, 0.5) is 5.69 Å². The molecule has 6 nitrogen and oxygen atoms in total. The average molecular weight is 276 g/mol. The Kier molecular flexibility index (Phi) is 3.56. The van der Waals surface area contributed by atoms with Crippen molar-refractivity contribution in [3.63, 3.8) is 0 Å². The molecule has 20 heavy (non-hydrogen) atoms. The molecular weight excluding hydrogens is 260 g/mol. The topological polar surface area (TPSA) is 76.7 Å². The number of benzene rings is 1. The van der Waals surface area contributed by atoms with E-state index < -0.39 is 0 Å². The Morgan fingerprint density at radius 3 is 3.15 bits per heavy atom. The predicted molar refractivity (Wildman–Crippen MR) is 71.4 cm³/mol. The molecule has 1 aromatic carbocycles. The van der Waals surface area contributed by atoms with Crippen molar-refractivity contribution < 1.29 is 19.1 Å². The summed E-state index contributed by atoms with van der Waals surface area (Å²) in [7, 11) is 0. The van der Waals surface area contributed by atoms with Crippen molar-refractivity contribution in [2.75, 3.05) is 18.5 Å². The average Bonchev–Trinajstić information content (AvgIpc) is 2.98. The number of ether oxygens (including phenoxy) is 2. The second kappa shape index (κ2) is 5.50. The van der Waals surface area contributed by atoms with E-state index in [-0.39, 0.29) is 24.5 Å². The van der Waals surface area contributed by atoms with Crippen LogP contribution in [0.1, 0.15) is 18.4 Å². The molecule has 1 saturated heterocycles. The zero-order chi connectivity index (χ0) is 13.9. The summed E-state index contributed by atoms with van der Waals surface area (Å²) < 4.78 is 10.6. The van der Waals surface area contributed by atoms with Gasteiger partial charge in [-0.2, -0.15) is 0 Å². The zero-order valence-corrected chi connectivity index (χ0v) is 11.0. The van der Waals surface area contributed by atoms with E-state index in [0.29, 0.717) is 24.6 Å². The van der Waals surface area contributed by atoms with Crippen LogP contribution in [0.2, 0.25) is 0 Å². The maximum Gasteiger partial charge on any atom is 0.262 e. The fraction of sp³-hybridized carbons (Fsp3) is 0.429. The molecule has 2 heterocycles. The first-order valence-electron chi connectivity index (χ1n) is 6.67. The van der Waals surface area contributed by atoms with Crippen molar-refractivity contribution in [2.24, 2.45) is 0 Å². The minimum Gasteiger partial charge on any atom is -0.482 e. The fourth-order valence-electron chi connectivity index (χ4n) is 2.33. The molecule has 2 N–H and O–H groups in total. The number of anilines is 1. The lowest BCUT2D eigenvalue weighted by Crippen LogP contribution is -2.33. The summed E-state index contributed by atoms with van der Waals surface area (Å²) in [6.07, 6.45) is 1.39. The summed E-state index contributed by atoms with van der Waals surface area (Å²) in [6, 6.07) is 5.47. The Balaban J connectivity index is 1.61. The molecule has 0 spiro atoms. The first-order chi connectivity index (χ1) is 9.72. The second-order valence-corrected chi connectivity index (χ2v) is 4.89. The summed E-state index contributed by atoms with van der Waals surface area (Å²) in [4.78, 5) is 23.1. The Morgan fingerprint density at radius 2 is 2.35 bits per heavy atom. The van der Waals surface area contributed by atoms with Crippen LogP contribution in [0.5, 0.6) is 5.75 Å². The third-order valence-corrected chi connectivity index (χ3v) is 3.37. The van der Waals surface area contributed by atoms with Crippen molar-refractivity contribution in [3.8, 4) is 5.75 Å². The lowest BCUT2D eigenvalue weighted by atomic mass is 10.1. The van der Waals surface area contributed by atoms with Crippen LogP contribution < -0.4 is 15.4 Å². The normalized spacial score (nSPS) is 20.8. The fourth-order valence-corrected chi connectivity index (χ4v) is 2.33. The summed E-state index contributed by atoms with van der Waals surface area (Å²) in [5.41, 5.74) is 1.55. The highest BCUT2D eigenvalue weighted by molar-refractivity contribution is 5.95. The van der Waals surface area contributed by atoms with Crippen LogP contribution in [0.3, 0.4) is 0 Å². The molecule has 2 aliphatic rings. The van der Waals surface area contributed by atoms with Crippen molar-refractivity contribution in [1.29, 1.82) is 0 Å². The highest BCUT2D eigenvalue weighted by atomic mass is 16.5. The van der Waals surface area contributed by atoms with Crippen molar-refractivity contribution in [1.82, 2.24) is 5.32 Å². The molecule has 0 aromatic heterocycles. The molecule has 1 aromatic rings. The quantitative estimate of drug-likeness (QED) is 0.856. The summed E-state index contributed by atoms with van der Waals surface area (Å²) in [6.45, 7) is 1.10. The van der Waals surface area contributed by atoms with E-state index in [1.807, 2.05) is 12.1 Å². The van der Waals surface area contributed by atoms with E-state index in [1.54, 1.807) is 6.07 Å². The first-order valence-corrected chi connectivity index (χ1v) is 6.67. The SMILES string of the molecule is O=C1COc2ccc(CNC(=O)C3CCCO3)cc2N1. The molecule has 0 radical (unpaired) electrons. The Labute approximate surface area is 116 Å². The standard InChI is InChI=1S/C14H16N2O4/c17-13-8-20-11-4-3-9(6-10(11)16-13)7-15-14(18)12-2-1-5-19-12/h3-4,6,12H,1-2,5,7-8H2,(H,15,18)(H,16,17).